The van der Waals surface area contributed by atoms with Crippen molar-refractivity contribution in [2.45, 2.75) is 19.8 Å². The maximum absolute atomic E-state index is 12.1. The van der Waals surface area contributed by atoms with Crippen LogP contribution < -0.4 is 15.8 Å². The number of alkyl halides is 3. The Labute approximate surface area is 137 Å². The smallest absolute Gasteiger partial charge is 0.406 e. The number of nitrogens with zero attached hydrogens (tertiary/aromatic N) is 3. The molecule has 0 fully saturated rings. The van der Waals surface area contributed by atoms with E-state index in [9.17, 15) is 13.2 Å². The van der Waals surface area contributed by atoms with Crippen LogP contribution in [0, 0.1) is 5.92 Å². The second-order valence-corrected chi connectivity index (χ2v) is 5.26. The van der Waals surface area contributed by atoms with Crippen LogP contribution in [-0.2, 0) is 6.54 Å². The Kier molecular flexibility index (Phi) is 5.67. The third kappa shape index (κ3) is 6.19. The van der Waals surface area contributed by atoms with E-state index in [1.807, 2.05) is 23.9 Å². The molecular formula is C15H18F3N5O. The number of aromatic nitrogens is 2. The van der Waals surface area contributed by atoms with E-state index < -0.39 is 6.36 Å². The number of hydrogen-bond donors (Lipinski definition) is 2. The van der Waals surface area contributed by atoms with Gasteiger partial charge in [0.1, 0.15) is 5.75 Å². The van der Waals surface area contributed by atoms with Gasteiger partial charge in [0.05, 0.1) is 0 Å². The highest BCUT2D eigenvalue weighted by Gasteiger charge is 2.30. The zero-order chi connectivity index (χ0) is 17.6. The van der Waals surface area contributed by atoms with E-state index in [1.54, 1.807) is 6.20 Å². The molecule has 2 rings (SSSR count). The van der Waals surface area contributed by atoms with Crippen LogP contribution in [0.4, 0.5) is 18.9 Å². The second kappa shape index (κ2) is 7.71. The largest absolute Gasteiger partial charge is 0.573 e. The molecule has 0 amide bonds. The van der Waals surface area contributed by atoms with Gasteiger partial charge in [-0.15, -0.1) is 13.2 Å². The molecule has 6 nitrogen and oxygen atoms in total. The second-order valence-electron chi connectivity index (χ2n) is 5.26. The summed E-state index contributed by atoms with van der Waals surface area (Å²) in [6.07, 6.45) is -1.13. The molecule has 0 saturated heterocycles. The van der Waals surface area contributed by atoms with E-state index in [0.717, 1.165) is 0 Å². The molecule has 3 N–H and O–H groups in total. The van der Waals surface area contributed by atoms with Crippen LogP contribution >= 0.6 is 0 Å². The number of anilines is 1. The van der Waals surface area contributed by atoms with Crippen molar-refractivity contribution in [3.63, 3.8) is 0 Å². The Morgan fingerprint density at radius 2 is 2.08 bits per heavy atom. The molecule has 0 aliphatic heterocycles. The summed E-state index contributed by atoms with van der Waals surface area (Å²) < 4.78 is 41.8. The van der Waals surface area contributed by atoms with Crippen LogP contribution in [0.15, 0.2) is 47.7 Å². The van der Waals surface area contributed by atoms with Crippen molar-refractivity contribution in [3.05, 3.63) is 42.7 Å². The summed E-state index contributed by atoms with van der Waals surface area (Å²) >= 11 is 0. The fourth-order valence-electron chi connectivity index (χ4n) is 1.97. The van der Waals surface area contributed by atoms with Gasteiger partial charge in [-0.2, -0.15) is 5.10 Å². The first-order valence-corrected chi connectivity index (χ1v) is 7.22. The molecule has 0 spiro atoms. The summed E-state index contributed by atoms with van der Waals surface area (Å²) in [7, 11) is 0. The highest BCUT2D eigenvalue weighted by atomic mass is 19.4. The third-order valence-electron chi connectivity index (χ3n) is 2.99. The van der Waals surface area contributed by atoms with Crippen molar-refractivity contribution in [1.29, 1.82) is 0 Å². The van der Waals surface area contributed by atoms with E-state index in [1.165, 1.54) is 24.3 Å². The average Bonchev–Trinajstić information content (AvgIpc) is 2.99. The molecule has 1 heterocycles. The SMILES string of the molecule is CC(CN=C(N)Nc1ccc(OC(F)(F)F)cc1)Cn1cccn1. The fourth-order valence-corrected chi connectivity index (χ4v) is 1.97. The summed E-state index contributed by atoms with van der Waals surface area (Å²) in [5.41, 5.74) is 6.29. The van der Waals surface area contributed by atoms with Gasteiger partial charge in [0.15, 0.2) is 5.96 Å². The van der Waals surface area contributed by atoms with Crippen molar-refractivity contribution >= 4 is 11.6 Å². The minimum Gasteiger partial charge on any atom is -0.406 e. The number of rotatable bonds is 6. The topological polar surface area (TPSA) is 77.5 Å². The maximum Gasteiger partial charge on any atom is 0.573 e. The number of hydrogen-bond acceptors (Lipinski definition) is 3. The molecule has 1 atom stereocenters. The standard InChI is InChI=1S/C15H18F3N5O/c1-11(10-23-8-2-7-21-23)9-20-14(19)22-12-3-5-13(6-4-12)24-15(16,17)18/h2-8,11H,9-10H2,1H3,(H3,19,20,22). The lowest BCUT2D eigenvalue weighted by atomic mass is 10.2. The van der Waals surface area contributed by atoms with Crippen molar-refractivity contribution in [2.75, 3.05) is 11.9 Å². The maximum atomic E-state index is 12.1. The van der Waals surface area contributed by atoms with Gasteiger partial charge in [-0.3, -0.25) is 9.67 Å². The Bertz CT molecular complexity index is 653. The molecule has 0 aliphatic carbocycles. The van der Waals surface area contributed by atoms with Gasteiger partial charge in [0.25, 0.3) is 0 Å². The lowest BCUT2D eigenvalue weighted by molar-refractivity contribution is -0.274. The Balaban J connectivity index is 1.83. The van der Waals surface area contributed by atoms with Crippen LogP contribution in [0.5, 0.6) is 5.75 Å². The molecule has 24 heavy (non-hydrogen) atoms. The van der Waals surface area contributed by atoms with E-state index in [-0.39, 0.29) is 17.6 Å². The van der Waals surface area contributed by atoms with Crippen LogP contribution in [0.25, 0.3) is 0 Å². The molecule has 1 aromatic heterocycles. The van der Waals surface area contributed by atoms with E-state index in [4.69, 9.17) is 5.73 Å². The Hall–Kier alpha value is -2.71. The molecule has 0 radical (unpaired) electrons. The van der Waals surface area contributed by atoms with Crippen molar-refractivity contribution in [3.8, 4) is 5.75 Å². The van der Waals surface area contributed by atoms with Gasteiger partial charge in [0, 0.05) is 31.2 Å². The molecular weight excluding hydrogens is 323 g/mol. The van der Waals surface area contributed by atoms with Gasteiger partial charge >= 0.3 is 6.36 Å². The summed E-state index contributed by atoms with van der Waals surface area (Å²) in [5.74, 6) is 0.121. The van der Waals surface area contributed by atoms with E-state index >= 15 is 0 Å². The molecule has 1 unspecified atom stereocenters. The van der Waals surface area contributed by atoms with E-state index in [2.05, 4.69) is 20.1 Å². The van der Waals surface area contributed by atoms with Gasteiger partial charge in [0.2, 0.25) is 0 Å². The van der Waals surface area contributed by atoms with Crippen LogP contribution in [0.1, 0.15) is 6.92 Å². The van der Waals surface area contributed by atoms with Gasteiger partial charge in [-0.1, -0.05) is 6.92 Å². The van der Waals surface area contributed by atoms with Crippen LogP contribution in [0.2, 0.25) is 0 Å². The molecule has 2 aromatic rings. The third-order valence-corrected chi connectivity index (χ3v) is 2.99. The zero-order valence-corrected chi connectivity index (χ0v) is 13.0. The van der Waals surface area contributed by atoms with Crippen LogP contribution in [0.3, 0.4) is 0 Å². The van der Waals surface area contributed by atoms with Crippen molar-refractivity contribution in [2.24, 2.45) is 16.6 Å². The normalized spacial score (nSPS) is 13.6. The first kappa shape index (κ1) is 17.6. The van der Waals surface area contributed by atoms with Crippen molar-refractivity contribution in [1.82, 2.24) is 9.78 Å². The first-order valence-electron chi connectivity index (χ1n) is 7.22. The number of ether oxygens (including phenoxy) is 1. The molecule has 0 saturated carbocycles. The highest BCUT2D eigenvalue weighted by molar-refractivity contribution is 5.92. The lowest BCUT2D eigenvalue weighted by Crippen LogP contribution is -2.24. The number of halogens is 3. The minimum atomic E-state index is -4.71. The number of nitrogens with two attached hydrogens (primary N) is 1. The summed E-state index contributed by atoms with van der Waals surface area (Å²) in [6, 6.07) is 7.10. The summed E-state index contributed by atoms with van der Waals surface area (Å²) in [6.45, 7) is 3.23. The number of aliphatic imine (C=N–C) groups is 1. The minimum absolute atomic E-state index is 0.187. The molecule has 130 valence electrons. The average molecular weight is 341 g/mol. The molecule has 1 aromatic carbocycles. The molecule has 0 aliphatic rings. The lowest BCUT2D eigenvalue weighted by Gasteiger charge is -2.11. The molecule has 0 bridgehead atoms. The summed E-state index contributed by atoms with van der Waals surface area (Å²) in [5, 5.41) is 6.93. The zero-order valence-electron chi connectivity index (χ0n) is 13.0. The van der Waals surface area contributed by atoms with Gasteiger partial charge in [-0.05, 0) is 36.2 Å². The number of nitrogens with one attached hydrogen (secondary N) is 1. The Morgan fingerprint density at radius 1 is 1.38 bits per heavy atom. The highest BCUT2D eigenvalue weighted by Crippen LogP contribution is 2.23. The predicted molar refractivity (Wildman–Crippen MR) is 84.6 cm³/mol. The molecule has 9 heteroatoms. The predicted octanol–water partition coefficient (Wildman–Crippen LogP) is 2.84. The first-order chi connectivity index (χ1) is 11.3. The monoisotopic (exact) mass is 341 g/mol. The van der Waals surface area contributed by atoms with Crippen LogP contribution in [-0.4, -0.2) is 28.6 Å². The Morgan fingerprint density at radius 3 is 2.67 bits per heavy atom. The number of guanidine groups is 1. The quantitative estimate of drug-likeness (QED) is 0.626. The summed E-state index contributed by atoms with van der Waals surface area (Å²) in [4.78, 5) is 4.21. The van der Waals surface area contributed by atoms with Crippen molar-refractivity contribution < 1.29 is 17.9 Å². The van der Waals surface area contributed by atoms with Gasteiger partial charge < -0.3 is 15.8 Å². The van der Waals surface area contributed by atoms with E-state index in [0.29, 0.717) is 18.8 Å². The van der Waals surface area contributed by atoms with Gasteiger partial charge in [-0.25, -0.2) is 0 Å². The fraction of sp³-hybridized carbons (Fsp3) is 0.333. The number of benzene rings is 1.